The maximum Gasteiger partial charge on any atom is 2.00 e. The van der Waals surface area contributed by atoms with Gasteiger partial charge in [-0.05, 0) is 0 Å². The van der Waals surface area contributed by atoms with Crippen molar-refractivity contribution < 1.29 is 19.5 Å². The standard InChI is InChI=1S/2C2H7Si.H3N.Zn/c2*1-2-3;;/h2*2-3H2,1H3;1H3;/q2*-1;;+2. The summed E-state index contributed by atoms with van der Waals surface area (Å²) >= 11 is 0. The second-order valence-electron chi connectivity index (χ2n) is 1.000. The quantitative estimate of drug-likeness (QED) is 0.560. The van der Waals surface area contributed by atoms with Crippen LogP contribution in [0.25, 0.3) is 0 Å². The molecule has 0 atom stereocenters. The molecule has 0 aliphatic carbocycles. The van der Waals surface area contributed by atoms with E-state index in [-0.39, 0.29) is 25.6 Å². The van der Waals surface area contributed by atoms with Gasteiger partial charge in [0.05, 0.1) is 0 Å². The van der Waals surface area contributed by atoms with Crippen LogP contribution in [0.3, 0.4) is 0 Å². The largest absolute Gasteiger partial charge is 2.00 e. The van der Waals surface area contributed by atoms with E-state index in [0.29, 0.717) is 0 Å². The Hall–Kier alpha value is 1.02. The van der Waals surface area contributed by atoms with Gasteiger partial charge >= 0.3 is 19.5 Å². The Bertz CT molecular complexity index is 16.0. The molecule has 0 fully saturated rings. The monoisotopic (exact) mass is 199 g/mol. The van der Waals surface area contributed by atoms with Gasteiger partial charge in [-0.2, -0.15) is 12.1 Å². The molecule has 0 unspecified atom stereocenters. The summed E-state index contributed by atoms with van der Waals surface area (Å²) in [5, 5.41) is 0. The Balaban J connectivity index is -0.0000000160. The topological polar surface area (TPSA) is 35.0 Å². The van der Waals surface area contributed by atoms with E-state index in [1.54, 1.807) is 0 Å². The molecule has 1 nitrogen and oxygen atoms in total. The van der Waals surface area contributed by atoms with Gasteiger partial charge in [-0.15, -0.1) is 0 Å². The first-order valence-corrected chi connectivity index (χ1v) is 4.41. The molecule has 8 heavy (non-hydrogen) atoms. The zero-order chi connectivity index (χ0) is 5.41. The van der Waals surface area contributed by atoms with Gasteiger partial charge in [0.2, 0.25) is 0 Å². The van der Waals surface area contributed by atoms with Crippen LogP contribution in [0.5, 0.6) is 0 Å². The van der Waals surface area contributed by atoms with Crippen LogP contribution in [0.2, 0.25) is 12.1 Å². The fourth-order valence-electron chi connectivity index (χ4n) is 0. The minimum atomic E-state index is 0. The molecule has 0 heterocycles. The van der Waals surface area contributed by atoms with E-state index in [2.05, 4.69) is 13.8 Å². The number of hydrogen-bond acceptors (Lipinski definition) is 1. The van der Waals surface area contributed by atoms with Crippen LogP contribution in [0, 0.1) is 0 Å². The fraction of sp³-hybridized carbons (Fsp3) is 1.00. The SMILES string of the molecule is CC[SiH2-].CC[SiH2-].N.[Zn+2]. The molecule has 0 rings (SSSR count). The molecular weight excluding hydrogens is 184 g/mol. The molecule has 0 aliphatic heterocycles. The van der Waals surface area contributed by atoms with Crippen LogP contribution >= 0.6 is 0 Å². The maximum absolute atomic E-state index is 2.14. The first-order valence-electron chi connectivity index (χ1n) is 2.41. The van der Waals surface area contributed by atoms with Gasteiger partial charge in [0.25, 0.3) is 0 Å². The van der Waals surface area contributed by atoms with Gasteiger partial charge in [-0.3, -0.25) is 20.5 Å². The van der Waals surface area contributed by atoms with Crippen molar-refractivity contribution >= 4 is 20.5 Å². The molecule has 0 aliphatic rings. The molecule has 0 amide bonds. The van der Waals surface area contributed by atoms with E-state index in [4.69, 9.17) is 0 Å². The van der Waals surface area contributed by atoms with E-state index < -0.39 is 0 Å². The first-order chi connectivity index (χ1) is 2.83. The summed E-state index contributed by atoms with van der Waals surface area (Å²) in [5.41, 5.74) is 0. The van der Waals surface area contributed by atoms with Crippen molar-refractivity contribution in [1.82, 2.24) is 6.15 Å². The zero-order valence-electron chi connectivity index (χ0n) is 6.24. The molecule has 3 N–H and O–H groups in total. The van der Waals surface area contributed by atoms with Crippen LogP contribution in [0.1, 0.15) is 13.8 Å². The van der Waals surface area contributed by atoms with Crippen molar-refractivity contribution in [2.24, 2.45) is 0 Å². The summed E-state index contributed by atoms with van der Waals surface area (Å²) in [6.45, 7) is 4.27. The Morgan fingerprint density at radius 1 is 1.00 bits per heavy atom. The smallest absolute Gasteiger partial charge is 0.344 e. The van der Waals surface area contributed by atoms with Crippen molar-refractivity contribution in [3.05, 3.63) is 0 Å². The van der Waals surface area contributed by atoms with Gasteiger partial charge < -0.3 is 6.15 Å². The van der Waals surface area contributed by atoms with E-state index in [0.717, 1.165) is 0 Å². The second kappa shape index (κ2) is 43.4. The van der Waals surface area contributed by atoms with E-state index in [9.17, 15) is 0 Å². The number of rotatable bonds is 0. The molecule has 0 bridgehead atoms. The van der Waals surface area contributed by atoms with Crippen LogP contribution in [-0.2, 0) is 19.5 Å². The summed E-state index contributed by atoms with van der Waals surface area (Å²) < 4.78 is 0. The molecule has 0 aromatic heterocycles. The summed E-state index contributed by atoms with van der Waals surface area (Å²) in [6.07, 6.45) is 0. The molecule has 0 aromatic rings. The zero-order valence-corrected chi connectivity index (χ0v) is 12.0. The molecular formula is C4H17NSi2Zn. The predicted molar refractivity (Wildman–Crippen MR) is 43.1 cm³/mol. The molecule has 0 saturated carbocycles. The van der Waals surface area contributed by atoms with Crippen LogP contribution in [0.4, 0.5) is 0 Å². The third-order valence-electron chi connectivity index (χ3n) is 0. The van der Waals surface area contributed by atoms with Crippen LogP contribution in [0.15, 0.2) is 0 Å². The second-order valence-corrected chi connectivity index (χ2v) is 3.00. The number of hydrogen-bond donors (Lipinski definition) is 1. The molecule has 0 radical (unpaired) electrons. The minimum Gasteiger partial charge on any atom is -0.344 e. The third kappa shape index (κ3) is 246. The molecule has 0 aromatic carbocycles. The average Bonchev–Trinajstić information content (AvgIpc) is 1.39. The van der Waals surface area contributed by atoms with E-state index in [1.165, 1.54) is 12.1 Å². The van der Waals surface area contributed by atoms with Crippen molar-refractivity contribution in [3.63, 3.8) is 0 Å². The van der Waals surface area contributed by atoms with Gasteiger partial charge in [-0.25, -0.2) is 0 Å². The van der Waals surface area contributed by atoms with Gasteiger partial charge in [0.1, 0.15) is 0 Å². The van der Waals surface area contributed by atoms with Gasteiger partial charge in [-0.1, -0.05) is 13.8 Å². The van der Waals surface area contributed by atoms with E-state index >= 15 is 0 Å². The normalized spacial score (nSPS) is 4.50. The van der Waals surface area contributed by atoms with Gasteiger partial charge in [0, 0.05) is 0 Å². The molecule has 0 spiro atoms. The average molecular weight is 201 g/mol. The van der Waals surface area contributed by atoms with Crippen molar-refractivity contribution in [2.45, 2.75) is 25.9 Å². The molecule has 0 saturated heterocycles. The third-order valence-corrected chi connectivity index (χ3v) is 0. The van der Waals surface area contributed by atoms with Crippen molar-refractivity contribution in [1.29, 1.82) is 0 Å². The van der Waals surface area contributed by atoms with Crippen LogP contribution < -0.4 is 6.15 Å². The fourth-order valence-corrected chi connectivity index (χ4v) is 0. The Morgan fingerprint density at radius 2 is 1.00 bits per heavy atom. The Kier molecular flexibility index (Phi) is 125. The Labute approximate surface area is 72.2 Å². The van der Waals surface area contributed by atoms with Crippen molar-refractivity contribution in [3.8, 4) is 0 Å². The first kappa shape index (κ1) is 23.0. The van der Waals surface area contributed by atoms with Crippen LogP contribution in [-0.4, -0.2) is 20.5 Å². The minimum absolute atomic E-state index is 0. The van der Waals surface area contributed by atoms with Crippen molar-refractivity contribution in [2.75, 3.05) is 0 Å². The van der Waals surface area contributed by atoms with Gasteiger partial charge in [0.15, 0.2) is 0 Å². The summed E-state index contributed by atoms with van der Waals surface area (Å²) in [4.78, 5) is 0. The summed E-state index contributed by atoms with van der Waals surface area (Å²) in [6, 6.07) is 2.56. The Morgan fingerprint density at radius 3 is 1.00 bits per heavy atom. The predicted octanol–water partition coefficient (Wildman–Crippen LogP) is 0.275. The molecule has 4 heteroatoms. The maximum atomic E-state index is 2.14. The summed E-state index contributed by atoms with van der Waals surface area (Å²) in [5.74, 6) is 0. The van der Waals surface area contributed by atoms with E-state index in [1.807, 2.05) is 20.5 Å². The molecule has 48 valence electrons. The summed E-state index contributed by atoms with van der Waals surface area (Å²) in [7, 11) is 3.95.